The van der Waals surface area contributed by atoms with Gasteiger partial charge in [0.05, 0.1) is 12.4 Å². The Morgan fingerprint density at radius 2 is 1.37 bits per heavy atom. The maximum atomic E-state index is 6.89. The quantitative estimate of drug-likeness (QED) is 0.188. The summed E-state index contributed by atoms with van der Waals surface area (Å²) in [6.45, 7) is 0.744. The molecule has 0 atom stereocenters. The summed E-state index contributed by atoms with van der Waals surface area (Å²) in [6.07, 6.45) is 5.95. The molecule has 0 bridgehead atoms. The predicted molar refractivity (Wildman–Crippen MR) is 184 cm³/mol. The lowest BCUT2D eigenvalue weighted by atomic mass is 10.1. The molecule has 1 aliphatic rings. The Labute approximate surface area is 264 Å². The Bertz CT molecular complexity index is 2370. The lowest BCUT2D eigenvalue weighted by Gasteiger charge is -2.25. The number of fused-ring (bicyclic) bond motifs is 6. The summed E-state index contributed by atoms with van der Waals surface area (Å²) in [7, 11) is 2.06. The van der Waals surface area contributed by atoms with E-state index in [1.165, 1.54) is 0 Å². The fourth-order valence-electron chi connectivity index (χ4n) is 6.31. The number of rotatable bonds is 6. The van der Waals surface area contributed by atoms with Crippen molar-refractivity contribution in [2.75, 3.05) is 23.5 Å². The van der Waals surface area contributed by atoms with Crippen molar-refractivity contribution in [1.82, 2.24) is 9.88 Å². The third-order valence-corrected chi connectivity index (χ3v) is 8.43. The summed E-state index contributed by atoms with van der Waals surface area (Å²) in [5, 5.41) is 4.00. The largest absolute Gasteiger partial charge is 0.454 e. The Kier molecular flexibility index (Phi) is 5.96. The lowest BCUT2D eigenvalue weighted by Crippen LogP contribution is -2.21. The van der Waals surface area contributed by atoms with E-state index in [1.54, 1.807) is 6.20 Å². The summed E-state index contributed by atoms with van der Waals surface area (Å²) >= 11 is 0. The Morgan fingerprint density at radius 1 is 0.674 bits per heavy atom. The van der Waals surface area contributed by atoms with Crippen LogP contribution in [-0.2, 0) is 0 Å². The molecule has 5 aromatic carbocycles. The van der Waals surface area contributed by atoms with Crippen LogP contribution in [0.25, 0.3) is 43.9 Å². The zero-order chi connectivity index (χ0) is 30.6. The Balaban J connectivity index is 1.28. The number of para-hydroxylation sites is 3. The molecule has 0 saturated heterocycles. The molecular formula is C39H28N4O3. The van der Waals surface area contributed by atoms with Crippen LogP contribution in [0, 0.1) is 0 Å². The normalized spacial score (nSPS) is 13.1. The Morgan fingerprint density at radius 3 is 2.09 bits per heavy atom. The van der Waals surface area contributed by atoms with Gasteiger partial charge in [0.25, 0.3) is 0 Å². The Hall–Kier alpha value is -6.21. The van der Waals surface area contributed by atoms with Crippen LogP contribution < -0.4 is 14.5 Å². The van der Waals surface area contributed by atoms with Crippen LogP contribution in [-0.4, -0.2) is 23.6 Å². The predicted octanol–water partition coefficient (Wildman–Crippen LogP) is 10.3. The zero-order valence-electron chi connectivity index (χ0n) is 25.0. The second-order valence-corrected chi connectivity index (χ2v) is 11.5. The third-order valence-electron chi connectivity index (χ3n) is 8.43. The van der Waals surface area contributed by atoms with Crippen LogP contribution >= 0.6 is 0 Å². The van der Waals surface area contributed by atoms with Gasteiger partial charge in [0.1, 0.15) is 22.7 Å². The summed E-state index contributed by atoms with van der Waals surface area (Å²) in [6, 6.07) is 40.6. The fraction of sp³-hybridized carbons (Fsp3) is 0.0513. The number of hydrogen-bond donors (Lipinski definition) is 0. The van der Waals surface area contributed by atoms with E-state index in [1.807, 2.05) is 78.9 Å². The van der Waals surface area contributed by atoms with Crippen molar-refractivity contribution >= 4 is 66.8 Å². The van der Waals surface area contributed by atoms with E-state index in [0.29, 0.717) is 17.1 Å². The molecule has 0 amide bonds. The van der Waals surface area contributed by atoms with Gasteiger partial charge in [-0.1, -0.05) is 60.7 Å². The number of benzene rings is 5. The van der Waals surface area contributed by atoms with Gasteiger partial charge >= 0.3 is 0 Å². The highest BCUT2D eigenvalue weighted by molar-refractivity contribution is 6.11. The number of nitrogens with zero attached hydrogens (tertiary/aromatic N) is 4. The lowest BCUT2D eigenvalue weighted by molar-refractivity contribution is 0.475. The number of aromatic nitrogens is 1. The van der Waals surface area contributed by atoms with Gasteiger partial charge in [-0.05, 0) is 48.5 Å². The van der Waals surface area contributed by atoms with Crippen LogP contribution in [0.3, 0.4) is 0 Å². The minimum Gasteiger partial charge on any atom is -0.454 e. The summed E-state index contributed by atoms with van der Waals surface area (Å²) in [4.78, 5) is 11.2. The molecule has 9 rings (SSSR count). The highest BCUT2D eigenvalue weighted by Gasteiger charge is 2.24. The van der Waals surface area contributed by atoms with E-state index in [-0.39, 0.29) is 0 Å². The first kappa shape index (κ1) is 26.2. The molecule has 222 valence electrons. The van der Waals surface area contributed by atoms with E-state index in [0.717, 1.165) is 67.8 Å². The highest BCUT2D eigenvalue weighted by atomic mass is 16.5. The van der Waals surface area contributed by atoms with E-state index in [2.05, 4.69) is 76.6 Å². The van der Waals surface area contributed by atoms with Crippen molar-refractivity contribution < 1.29 is 13.6 Å². The van der Waals surface area contributed by atoms with Gasteiger partial charge in [0.2, 0.25) is 0 Å². The van der Waals surface area contributed by atoms with Crippen LogP contribution in [0.5, 0.6) is 11.5 Å². The highest BCUT2D eigenvalue weighted by Crippen LogP contribution is 2.46. The van der Waals surface area contributed by atoms with E-state index < -0.39 is 0 Å². The monoisotopic (exact) mass is 600 g/mol. The van der Waals surface area contributed by atoms with Crippen molar-refractivity contribution in [2.24, 2.45) is 0 Å². The molecule has 0 unspecified atom stereocenters. The van der Waals surface area contributed by atoms with E-state index >= 15 is 0 Å². The van der Waals surface area contributed by atoms with Gasteiger partial charge in [-0.2, -0.15) is 0 Å². The summed E-state index contributed by atoms with van der Waals surface area (Å²) in [5.41, 5.74) is 5.85. The minimum absolute atomic E-state index is 0.633. The third kappa shape index (κ3) is 4.32. The number of anilines is 4. The molecule has 7 heteroatoms. The molecule has 1 aliphatic heterocycles. The molecule has 0 saturated carbocycles. The van der Waals surface area contributed by atoms with Gasteiger partial charge < -0.3 is 23.4 Å². The molecule has 7 nitrogen and oxygen atoms in total. The molecule has 46 heavy (non-hydrogen) atoms. The van der Waals surface area contributed by atoms with Crippen LogP contribution in [0.2, 0.25) is 0 Å². The van der Waals surface area contributed by atoms with Gasteiger partial charge in [-0.3, -0.25) is 4.90 Å². The van der Waals surface area contributed by atoms with Gasteiger partial charge in [0, 0.05) is 70.7 Å². The molecule has 4 heterocycles. The fourth-order valence-corrected chi connectivity index (χ4v) is 6.31. The molecule has 3 aromatic heterocycles. The first-order valence-corrected chi connectivity index (χ1v) is 15.2. The topological polar surface area (TPSA) is 58.1 Å². The smallest absolute Gasteiger partial charge is 0.178 e. The molecule has 8 aromatic rings. The van der Waals surface area contributed by atoms with Crippen molar-refractivity contribution in [1.29, 1.82) is 0 Å². The van der Waals surface area contributed by atoms with Crippen molar-refractivity contribution in [3.8, 4) is 11.5 Å². The van der Waals surface area contributed by atoms with E-state index in [4.69, 9.17) is 18.6 Å². The number of pyridine rings is 1. The maximum Gasteiger partial charge on any atom is 0.178 e. The first-order chi connectivity index (χ1) is 22.7. The molecule has 0 spiro atoms. The summed E-state index contributed by atoms with van der Waals surface area (Å²) in [5.74, 6) is 2.05. The van der Waals surface area contributed by atoms with Crippen LogP contribution in [0.1, 0.15) is 0 Å². The molecule has 0 radical (unpaired) electrons. The SMILES string of the molecule is CN1C=CN(c2cc(Oc3cc(N(c4ccccc4)c4ccccn4)c4oc5ccccc5c4c3)c3oc4ccccc4c3c2)C1. The molecule has 0 fully saturated rings. The summed E-state index contributed by atoms with van der Waals surface area (Å²) < 4.78 is 19.9. The second kappa shape index (κ2) is 10.5. The van der Waals surface area contributed by atoms with Gasteiger partial charge in [-0.15, -0.1) is 0 Å². The van der Waals surface area contributed by atoms with Crippen molar-refractivity contribution in [3.05, 3.63) is 140 Å². The number of furan rings is 2. The van der Waals surface area contributed by atoms with Crippen LogP contribution in [0.4, 0.5) is 22.9 Å². The standard InChI is InChI=1S/C39H28N4O3/c1-41-19-20-42(25-41)27-21-31-29-13-5-8-16-35(29)46-39(31)36(22-27)44-28-23-32-30-14-6-7-15-34(30)45-38(32)33(24-28)43(26-11-3-2-4-12-26)37-17-9-10-18-40-37/h2-24H,25H2,1H3. The maximum absolute atomic E-state index is 6.89. The van der Waals surface area contributed by atoms with Gasteiger partial charge in [-0.25, -0.2) is 4.98 Å². The average Bonchev–Trinajstić information content (AvgIpc) is 3.81. The van der Waals surface area contributed by atoms with E-state index in [9.17, 15) is 0 Å². The average molecular weight is 601 g/mol. The van der Waals surface area contributed by atoms with Gasteiger partial charge in [0.15, 0.2) is 16.9 Å². The second-order valence-electron chi connectivity index (χ2n) is 11.5. The molecular weight excluding hydrogens is 572 g/mol. The van der Waals surface area contributed by atoms with Crippen LogP contribution in [0.15, 0.2) is 149 Å². The zero-order valence-corrected chi connectivity index (χ0v) is 25.0. The molecule has 0 N–H and O–H groups in total. The minimum atomic E-state index is 0.633. The number of hydrogen-bond acceptors (Lipinski definition) is 7. The van der Waals surface area contributed by atoms with Crippen molar-refractivity contribution in [3.63, 3.8) is 0 Å². The number of ether oxygens (including phenoxy) is 1. The van der Waals surface area contributed by atoms with Crippen molar-refractivity contribution in [2.45, 2.75) is 0 Å². The molecule has 0 aliphatic carbocycles. The first-order valence-electron chi connectivity index (χ1n) is 15.2.